The average molecular weight is 688 g/mol. The molecule has 0 aliphatic rings. The number of ether oxygens (including phenoxy) is 2. The first-order chi connectivity index (χ1) is 22.5. The van der Waals surface area contributed by atoms with Gasteiger partial charge in [0.05, 0.1) is 27.7 Å². The number of phosphoric ester groups is 1. The molecule has 0 heterocycles. The van der Waals surface area contributed by atoms with E-state index in [9.17, 15) is 19.0 Å². The molecular weight excluding hydrogens is 617 g/mol. The number of esters is 2. The van der Waals surface area contributed by atoms with E-state index in [4.69, 9.17) is 18.5 Å². The zero-order valence-electron chi connectivity index (χ0n) is 30.7. The smallest absolute Gasteiger partial charge is 0.306 e. The predicted molar refractivity (Wildman–Crippen MR) is 190 cm³/mol. The van der Waals surface area contributed by atoms with Gasteiger partial charge >= 0.3 is 11.9 Å². The highest BCUT2D eigenvalue weighted by molar-refractivity contribution is 7.45. The third-order valence-corrected chi connectivity index (χ3v) is 8.69. The molecule has 0 N–H and O–H groups in total. The molecule has 9 nitrogen and oxygen atoms in total. The van der Waals surface area contributed by atoms with Crippen molar-refractivity contribution in [3.63, 3.8) is 0 Å². The number of quaternary nitrogens is 1. The maximum Gasteiger partial charge on any atom is 0.306 e. The van der Waals surface area contributed by atoms with E-state index in [-0.39, 0.29) is 26.1 Å². The Hall–Kier alpha value is -1.51. The second-order valence-electron chi connectivity index (χ2n) is 13.6. The number of phosphoric acid groups is 1. The lowest BCUT2D eigenvalue weighted by molar-refractivity contribution is -0.870. The summed E-state index contributed by atoms with van der Waals surface area (Å²) in [6, 6.07) is 0. The number of hydrogen-bond acceptors (Lipinski definition) is 8. The van der Waals surface area contributed by atoms with Gasteiger partial charge in [-0.1, -0.05) is 115 Å². The molecule has 0 aromatic heterocycles. The summed E-state index contributed by atoms with van der Waals surface area (Å²) in [5, 5.41) is 0. The minimum atomic E-state index is -4.61. The Morgan fingerprint density at radius 1 is 0.660 bits per heavy atom. The van der Waals surface area contributed by atoms with Gasteiger partial charge in [0.25, 0.3) is 7.82 Å². The predicted octanol–water partition coefficient (Wildman–Crippen LogP) is 8.99. The lowest BCUT2D eigenvalue weighted by Crippen LogP contribution is -2.37. The largest absolute Gasteiger partial charge is 0.756 e. The Kier molecular flexibility index (Phi) is 29.6. The highest BCUT2D eigenvalue weighted by Gasteiger charge is 2.21. The molecule has 276 valence electrons. The van der Waals surface area contributed by atoms with Crippen molar-refractivity contribution >= 4 is 19.8 Å². The van der Waals surface area contributed by atoms with Crippen LogP contribution in [0.15, 0.2) is 24.3 Å². The van der Waals surface area contributed by atoms with Crippen LogP contribution in [0.2, 0.25) is 0 Å². The van der Waals surface area contributed by atoms with Crippen LogP contribution in [0.1, 0.15) is 149 Å². The Bertz CT molecular complexity index is 871. The Labute approximate surface area is 288 Å². The van der Waals surface area contributed by atoms with Crippen LogP contribution in [0.25, 0.3) is 0 Å². The summed E-state index contributed by atoms with van der Waals surface area (Å²) < 4.78 is 33.6. The zero-order valence-corrected chi connectivity index (χ0v) is 31.6. The molecule has 0 saturated heterocycles. The van der Waals surface area contributed by atoms with Crippen molar-refractivity contribution in [2.45, 2.75) is 155 Å². The summed E-state index contributed by atoms with van der Waals surface area (Å²) in [5.41, 5.74) is 0. The van der Waals surface area contributed by atoms with Crippen molar-refractivity contribution in [1.29, 1.82) is 0 Å². The molecule has 1 unspecified atom stereocenters. The number of allylic oxidation sites excluding steroid dienone is 4. The monoisotopic (exact) mass is 687 g/mol. The second kappa shape index (κ2) is 30.5. The fourth-order valence-corrected chi connectivity index (χ4v) is 5.47. The molecule has 10 heteroatoms. The molecule has 0 aromatic carbocycles. The Morgan fingerprint density at radius 3 is 1.72 bits per heavy atom. The molecule has 0 bridgehead atoms. The molecule has 0 aliphatic carbocycles. The summed E-state index contributed by atoms with van der Waals surface area (Å²) in [6.07, 6.45) is 29.3. The minimum Gasteiger partial charge on any atom is -0.756 e. The van der Waals surface area contributed by atoms with E-state index >= 15 is 0 Å². The normalized spacial score (nSPS) is 14.1. The summed E-state index contributed by atoms with van der Waals surface area (Å²) in [7, 11) is 1.16. The molecule has 0 spiro atoms. The van der Waals surface area contributed by atoms with Gasteiger partial charge in [0.2, 0.25) is 0 Å². The third-order valence-electron chi connectivity index (χ3n) is 7.72. The van der Waals surface area contributed by atoms with Crippen LogP contribution in [0.3, 0.4) is 0 Å². The van der Waals surface area contributed by atoms with Crippen LogP contribution in [0.4, 0.5) is 0 Å². The van der Waals surface area contributed by atoms with Crippen molar-refractivity contribution in [3.8, 4) is 0 Å². The van der Waals surface area contributed by atoms with Crippen molar-refractivity contribution < 1.29 is 42.1 Å². The van der Waals surface area contributed by atoms with Crippen LogP contribution in [-0.4, -0.2) is 70.0 Å². The van der Waals surface area contributed by atoms with Gasteiger partial charge in [-0.3, -0.25) is 14.2 Å². The van der Waals surface area contributed by atoms with E-state index in [1.54, 1.807) is 0 Å². The molecule has 2 atom stereocenters. The molecule has 0 radical (unpaired) electrons. The number of nitrogens with zero attached hydrogens (tertiary/aromatic N) is 1. The average Bonchev–Trinajstić information content (AvgIpc) is 3.01. The maximum atomic E-state index is 12.5. The summed E-state index contributed by atoms with van der Waals surface area (Å²) >= 11 is 0. The van der Waals surface area contributed by atoms with Crippen molar-refractivity contribution in [2.24, 2.45) is 0 Å². The first kappa shape index (κ1) is 45.5. The number of unbranched alkanes of at least 4 members (excludes halogenated alkanes) is 15. The summed E-state index contributed by atoms with van der Waals surface area (Å²) in [5.74, 6) is -0.856. The second-order valence-corrected chi connectivity index (χ2v) is 15.0. The van der Waals surface area contributed by atoms with E-state index < -0.39 is 32.5 Å². The molecule has 47 heavy (non-hydrogen) atoms. The standard InChI is InChI=1S/C37H70NO8P/c1-6-8-10-12-14-16-17-18-19-20-21-22-24-25-27-29-36(39)43-33-35(34-45-47(41,42)44-32-31-38(3,4)5)46-37(40)30-28-26-23-15-13-11-9-7-2/h14,16,18-19,35H,6-13,15,17,20-34H2,1-5H3/b16-14+,19-18+/t35-/m0/s1. The quantitative estimate of drug-likeness (QED) is 0.0221. The van der Waals surface area contributed by atoms with E-state index in [0.717, 1.165) is 57.8 Å². The molecule has 0 saturated carbocycles. The Balaban J connectivity index is 4.42. The van der Waals surface area contributed by atoms with E-state index in [1.165, 1.54) is 51.4 Å². The van der Waals surface area contributed by atoms with Crippen molar-refractivity contribution in [2.75, 3.05) is 47.5 Å². The zero-order chi connectivity index (χ0) is 35.1. The van der Waals surface area contributed by atoms with Crippen molar-refractivity contribution in [1.82, 2.24) is 0 Å². The van der Waals surface area contributed by atoms with Gasteiger partial charge in [-0.15, -0.1) is 0 Å². The number of hydrogen-bond donors (Lipinski definition) is 0. The lowest BCUT2D eigenvalue weighted by atomic mass is 10.1. The fraction of sp³-hybridized carbons (Fsp3) is 0.838. The number of likely N-dealkylation sites (N-methyl/N-ethyl adjacent to an activating group) is 1. The van der Waals surface area contributed by atoms with Crippen molar-refractivity contribution in [3.05, 3.63) is 24.3 Å². The molecule has 0 aliphatic heterocycles. The van der Waals surface area contributed by atoms with Crippen LogP contribution < -0.4 is 4.89 Å². The van der Waals surface area contributed by atoms with Gasteiger partial charge in [-0.05, 0) is 44.9 Å². The summed E-state index contributed by atoms with van der Waals surface area (Å²) in [6.45, 7) is 4.13. The van der Waals surface area contributed by atoms with Crippen LogP contribution in [0, 0.1) is 0 Å². The number of carbonyl (C=O) groups is 2. The third kappa shape index (κ3) is 34.2. The highest BCUT2D eigenvalue weighted by Crippen LogP contribution is 2.38. The first-order valence-corrected chi connectivity index (χ1v) is 20.0. The molecule has 0 rings (SSSR count). The van der Waals surface area contributed by atoms with Crippen LogP contribution >= 0.6 is 7.82 Å². The number of rotatable bonds is 33. The van der Waals surface area contributed by atoms with Crippen LogP contribution in [-0.2, 0) is 32.7 Å². The number of carbonyl (C=O) groups excluding carboxylic acids is 2. The topological polar surface area (TPSA) is 111 Å². The SMILES string of the molecule is CCCCC/C=C/C/C=C/CCCCCCCC(=O)OC[C@@H](COP(=O)([O-])OCC[N+](C)(C)C)OC(=O)CCCCCCCCCC. The van der Waals surface area contributed by atoms with Gasteiger partial charge < -0.3 is 27.9 Å². The maximum absolute atomic E-state index is 12.5. The van der Waals surface area contributed by atoms with Gasteiger partial charge in [0.1, 0.15) is 19.8 Å². The summed E-state index contributed by atoms with van der Waals surface area (Å²) in [4.78, 5) is 37.2. The molecular formula is C37H70NO8P. The highest BCUT2D eigenvalue weighted by atomic mass is 31.2. The molecule has 0 aromatic rings. The molecule has 0 fully saturated rings. The van der Waals surface area contributed by atoms with E-state index in [2.05, 4.69) is 38.2 Å². The fourth-order valence-electron chi connectivity index (χ4n) is 4.74. The van der Waals surface area contributed by atoms with E-state index in [0.29, 0.717) is 23.9 Å². The lowest BCUT2D eigenvalue weighted by Gasteiger charge is -2.28. The molecule has 0 amide bonds. The van der Waals surface area contributed by atoms with Gasteiger partial charge in [-0.2, -0.15) is 0 Å². The first-order valence-electron chi connectivity index (χ1n) is 18.5. The van der Waals surface area contributed by atoms with Gasteiger partial charge in [0.15, 0.2) is 6.10 Å². The van der Waals surface area contributed by atoms with Gasteiger partial charge in [0, 0.05) is 12.8 Å². The van der Waals surface area contributed by atoms with E-state index in [1.807, 2.05) is 21.1 Å². The minimum absolute atomic E-state index is 0.0320. The van der Waals surface area contributed by atoms with Gasteiger partial charge in [-0.25, -0.2) is 0 Å². The van der Waals surface area contributed by atoms with Crippen LogP contribution in [0.5, 0.6) is 0 Å². The Morgan fingerprint density at radius 2 is 1.15 bits per heavy atom.